The molecule has 3 saturated carbocycles. The van der Waals surface area contributed by atoms with Crippen molar-refractivity contribution < 1.29 is 29.6 Å². The number of carbonyl (C=O) groups is 1. The first-order valence-corrected chi connectivity index (χ1v) is 9.52. The van der Waals surface area contributed by atoms with Gasteiger partial charge >= 0.3 is 0 Å². The lowest BCUT2D eigenvalue weighted by molar-refractivity contribution is -0.295. The molecule has 0 radical (unpaired) electrons. The van der Waals surface area contributed by atoms with Crippen LogP contribution in [-0.2, 0) is 14.3 Å². The number of epoxide rings is 1. The Hall–Kier alpha value is -1.05. The van der Waals surface area contributed by atoms with Crippen LogP contribution < -0.4 is 0 Å². The summed E-state index contributed by atoms with van der Waals surface area (Å²) in [5, 5.41) is 33.8. The molecule has 2 aliphatic heterocycles. The van der Waals surface area contributed by atoms with Crippen LogP contribution in [0.25, 0.3) is 0 Å². The van der Waals surface area contributed by atoms with Gasteiger partial charge in [-0.05, 0) is 26.2 Å². The van der Waals surface area contributed by atoms with Crippen molar-refractivity contribution in [3.63, 3.8) is 0 Å². The second kappa shape index (κ2) is 4.18. The topological polar surface area (TPSA) is 99.5 Å². The van der Waals surface area contributed by atoms with Crippen molar-refractivity contribution in [1.82, 2.24) is 0 Å². The minimum absolute atomic E-state index is 0.0767. The van der Waals surface area contributed by atoms with Crippen LogP contribution in [-0.4, -0.2) is 56.9 Å². The molecule has 3 N–H and O–H groups in total. The van der Waals surface area contributed by atoms with E-state index in [4.69, 9.17) is 9.47 Å². The van der Waals surface area contributed by atoms with E-state index in [0.717, 1.165) is 0 Å². The summed E-state index contributed by atoms with van der Waals surface area (Å²) < 4.78 is 11.7. The Morgan fingerprint density at radius 2 is 2.04 bits per heavy atom. The SMILES string of the molecule is C=C[C@]12C3C4C(=C[C@H]1C(C)(C)O[C@@]2(O)[C@H]1C[C@H]1[C@@H]3O)C(=O)[C@H]1O[C@H]1[C@@H]4O. The molecule has 5 fully saturated rings. The number of aliphatic hydroxyl groups is 3. The molecule has 0 aromatic rings. The lowest BCUT2D eigenvalue weighted by Crippen LogP contribution is -2.66. The Bertz CT molecular complexity index is 787. The molecule has 2 heterocycles. The standard InChI is InChI=1S/C20H24O6/c1-4-19-10-6-8-11(15(23)17-16(25-17)14(8)22)12(19)13(21)7-5-9(7)20(19,24)26-18(10,2)3/h4,6-7,9-13,15-17,21,23-24H,1,5H2,2-3H3/t7-,9+,10+,11?,12?,13+,15-,16-,17+,19-,20+/m1/s1. The first kappa shape index (κ1) is 16.0. The zero-order chi connectivity index (χ0) is 18.4. The van der Waals surface area contributed by atoms with Crippen molar-refractivity contribution in [2.24, 2.45) is 35.0 Å². The van der Waals surface area contributed by atoms with Gasteiger partial charge in [0, 0.05) is 29.2 Å². The summed E-state index contributed by atoms with van der Waals surface area (Å²) in [6, 6.07) is 0. The molecule has 6 heteroatoms. The molecule has 6 nitrogen and oxygen atoms in total. The fourth-order valence-corrected chi connectivity index (χ4v) is 7.13. The van der Waals surface area contributed by atoms with Crippen LogP contribution >= 0.6 is 0 Å². The number of ether oxygens (including phenoxy) is 2. The van der Waals surface area contributed by atoms with Gasteiger partial charge in [-0.15, -0.1) is 6.58 Å². The number of Topliss-reactive ketones (excluding diaryl/α,β-unsaturated/α-hetero) is 1. The number of rotatable bonds is 1. The fraction of sp³-hybridized carbons (Fsp3) is 0.750. The van der Waals surface area contributed by atoms with Crippen LogP contribution in [0.4, 0.5) is 0 Å². The fourth-order valence-electron chi connectivity index (χ4n) is 7.13. The van der Waals surface area contributed by atoms with Gasteiger partial charge in [0.2, 0.25) is 0 Å². The van der Waals surface area contributed by atoms with Crippen molar-refractivity contribution >= 4 is 5.78 Å². The van der Waals surface area contributed by atoms with Crippen molar-refractivity contribution in [1.29, 1.82) is 0 Å². The molecule has 6 rings (SSSR count). The van der Waals surface area contributed by atoms with Crippen LogP contribution in [0.1, 0.15) is 20.3 Å². The molecule has 26 heavy (non-hydrogen) atoms. The van der Waals surface area contributed by atoms with E-state index in [0.29, 0.717) is 12.0 Å². The van der Waals surface area contributed by atoms with Gasteiger partial charge < -0.3 is 24.8 Å². The second-order valence-corrected chi connectivity index (χ2v) is 9.56. The summed E-state index contributed by atoms with van der Waals surface area (Å²) >= 11 is 0. The molecule has 0 amide bonds. The molecular weight excluding hydrogens is 336 g/mol. The molecule has 0 spiro atoms. The molecule has 6 aliphatic rings. The summed E-state index contributed by atoms with van der Waals surface area (Å²) in [7, 11) is 0. The van der Waals surface area contributed by atoms with Crippen LogP contribution in [0.15, 0.2) is 24.3 Å². The molecule has 2 saturated heterocycles. The maximum atomic E-state index is 12.9. The van der Waals surface area contributed by atoms with E-state index in [-0.39, 0.29) is 23.5 Å². The van der Waals surface area contributed by atoms with Crippen LogP contribution in [0.5, 0.6) is 0 Å². The molecule has 11 atom stereocenters. The number of aliphatic hydroxyl groups excluding tert-OH is 2. The highest BCUT2D eigenvalue weighted by atomic mass is 16.7. The Kier molecular flexibility index (Phi) is 2.56. The average molecular weight is 360 g/mol. The first-order valence-electron chi connectivity index (χ1n) is 9.52. The number of fused-ring (bicyclic) bond motifs is 5. The monoisotopic (exact) mass is 360 g/mol. The Balaban J connectivity index is 1.64. The van der Waals surface area contributed by atoms with E-state index in [1.165, 1.54) is 0 Å². The average Bonchev–Trinajstić information content (AvgIpc) is 3.46. The summed E-state index contributed by atoms with van der Waals surface area (Å²) in [4.78, 5) is 12.9. The highest BCUT2D eigenvalue weighted by Crippen LogP contribution is 2.76. The van der Waals surface area contributed by atoms with Crippen molar-refractivity contribution in [2.75, 3.05) is 0 Å². The number of hydrogen-bond donors (Lipinski definition) is 3. The van der Waals surface area contributed by atoms with Gasteiger partial charge in [-0.25, -0.2) is 0 Å². The Morgan fingerprint density at radius 3 is 2.73 bits per heavy atom. The van der Waals surface area contributed by atoms with Crippen molar-refractivity contribution in [3.8, 4) is 0 Å². The van der Waals surface area contributed by atoms with E-state index < -0.39 is 53.1 Å². The number of carbonyl (C=O) groups excluding carboxylic acids is 1. The van der Waals surface area contributed by atoms with E-state index in [9.17, 15) is 20.1 Å². The third-order valence-corrected chi connectivity index (χ3v) is 8.21. The van der Waals surface area contributed by atoms with E-state index in [1.807, 2.05) is 19.9 Å². The first-order chi connectivity index (χ1) is 12.2. The predicted molar refractivity (Wildman–Crippen MR) is 88.6 cm³/mol. The summed E-state index contributed by atoms with van der Waals surface area (Å²) in [6.07, 6.45) is 1.62. The molecule has 4 aliphatic carbocycles. The lowest BCUT2D eigenvalue weighted by Gasteiger charge is -2.57. The van der Waals surface area contributed by atoms with Gasteiger partial charge in [-0.2, -0.15) is 0 Å². The highest BCUT2D eigenvalue weighted by molar-refractivity contribution is 6.03. The van der Waals surface area contributed by atoms with Gasteiger partial charge in [0.1, 0.15) is 12.2 Å². The van der Waals surface area contributed by atoms with Crippen LogP contribution in [0.2, 0.25) is 0 Å². The smallest absolute Gasteiger partial charge is 0.190 e. The predicted octanol–water partition coefficient (Wildman–Crippen LogP) is 0.166. The third kappa shape index (κ3) is 1.40. The molecule has 140 valence electrons. The van der Waals surface area contributed by atoms with Crippen LogP contribution in [0.3, 0.4) is 0 Å². The molecule has 0 aromatic heterocycles. The van der Waals surface area contributed by atoms with E-state index >= 15 is 0 Å². The Morgan fingerprint density at radius 1 is 1.31 bits per heavy atom. The largest absolute Gasteiger partial charge is 0.392 e. The maximum Gasteiger partial charge on any atom is 0.190 e. The number of ketones is 1. The molecule has 2 unspecified atom stereocenters. The minimum atomic E-state index is -1.44. The number of hydrogen-bond acceptors (Lipinski definition) is 6. The lowest BCUT2D eigenvalue weighted by atomic mass is 9.46. The van der Waals surface area contributed by atoms with Crippen molar-refractivity contribution in [3.05, 3.63) is 24.3 Å². The van der Waals surface area contributed by atoms with E-state index in [2.05, 4.69) is 6.58 Å². The van der Waals surface area contributed by atoms with Gasteiger partial charge in [-0.3, -0.25) is 4.79 Å². The summed E-state index contributed by atoms with van der Waals surface area (Å²) in [5.41, 5.74) is -1.13. The summed E-state index contributed by atoms with van der Waals surface area (Å²) in [5.74, 6) is -3.16. The summed E-state index contributed by atoms with van der Waals surface area (Å²) in [6.45, 7) is 7.86. The zero-order valence-electron chi connectivity index (χ0n) is 14.8. The Labute approximate surface area is 151 Å². The minimum Gasteiger partial charge on any atom is -0.392 e. The van der Waals surface area contributed by atoms with Gasteiger partial charge in [0.05, 0.1) is 23.2 Å². The molecule has 0 aromatic carbocycles. The van der Waals surface area contributed by atoms with Crippen LogP contribution in [0, 0.1) is 35.0 Å². The second-order valence-electron chi connectivity index (χ2n) is 9.56. The highest BCUT2D eigenvalue weighted by Gasteiger charge is 2.83. The molecular formula is C20H24O6. The van der Waals surface area contributed by atoms with Gasteiger partial charge in [0.25, 0.3) is 0 Å². The van der Waals surface area contributed by atoms with Gasteiger partial charge in [0.15, 0.2) is 11.6 Å². The van der Waals surface area contributed by atoms with Crippen molar-refractivity contribution in [2.45, 2.75) is 56.1 Å². The van der Waals surface area contributed by atoms with E-state index in [1.54, 1.807) is 6.08 Å². The quantitative estimate of drug-likeness (QED) is 0.455. The normalized spacial score (nSPS) is 63.0. The molecule has 0 bridgehead atoms. The zero-order valence-corrected chi connectivity index (χ0v) is 14.8. The maximum absolute atomic E-state index is 12.9. The third-order valence-electron chi connectivity index (χ3n) is 8.21. The van der Waals surface area contributed by atoms with Gasteiger partial charge in [-0.1, -0.05) is 12.2 Å².